The molecule has 0 atom stereocenters. The molecule has 0 spiro atoms. The van der Waals surface area contributed by atoms with Crippen LogP contribution >= 0.6 is 0 Å². The predicted octanol–water partition coefficient (Wildman–Crippen LogP) is 3.20. The smallest absolute Gasteiger partial charge is 0.164 e. The van der Waals surface area contributed by atoms with E-state index < -0.39 is 0 Å². The second kappa shape index (κ2) is 7.40. The molecule has 2 aromatic carbocycles. The molecule has 0 amide bonds. The highest BCUT2D eigenvalue weighted by molar-refractivity contribution is 5.98. The summed E-state index contributed by atoms with van der Waals surface area (Å²) in [4.78, 5) is 8.68. The Bertz CT molecular complexity index is 1170. The molecule has 3 heterocycles. The van der Waals surface area contributed by atoms with Gasteiger partial charge in [-0.05, 0) is 36.4 Å². The third kappa shape index (κ3) is 3.26. The molecule has 1 aliphatic rings. The highest BCUT2D eigenvalue weighted by Gasteiger charge is 2.33. The van der Waals surface area contributed by atoms with Crippen LogP contribution in [0.15, 0.2) is 60.9 Å². The van der Waals surface area contributed by atoms with Gasteiger partial charge in [-0.2, -0.15) is 5.10 Å². The molecular weight excluding hydrogens is 378 g/mol. The number of hydrogen-bond acceptors (Lipinski definition) is 7. The van der Waals surface area contributed by atoms with Gasteiger partial charge in [-0.1, -0.05) is 18.2 Å². The van der Waals surface area contributed by atoms with E-state index in [1.54, 1.807) is 0 Å². The Labute approximate surface area is 174 Å². The molecule has 5 rings (SSSR count). The number of hydrazine groups is 1. The zero-order valence-electron chi connectivity index (χ0n) is 16.9. The topological polar surface area (TPSA) is 85.3 Å². The normalized spacial score (nSPS) is 14.9. The van der Waals surface area contributed by atoms with Crippen LogP contribution in [-0.4, -0.2) is 57.0 Å². The lowest BCUT2D eigenvalue weighted by atomic mass is 10.1. The number of ether oxygens (including phenoxy) is 1. The highest BCUT2D eigenvalue weighted by Crippen LogP contribution is 2.34. The van der Waals surface area contributed by atoms with Crippen LogP contribution < -0.4 is 10.5 Å². The van der Waals surface area contributed by atoms with E-state index in [-0.39, 0.29) is 6.04 Å². The van der Waals surface area contributed by atoms with E-state index >= 15 is 0 Å². The first kappa shape index (κ1) is 18.5. The largest absolute Gasteiger partial charge is 0.457 e. The third-order valence-electron chi connectivity index (χ3n) is 5.38. The summed E-state index contributed by atoms with van der Waals surface area (Å²) in [5, 5.41) is 10.0. The first-order chi connectivity index (χ1) is 14.6. The fourth-order valence-corrected chi connectivity index (χ4v) is 3.67. The van der Waals surface area contributed by atoms with Crippen LogP contribution in [0.25, 0.3) is 22.3 Å². The number of para-hydroxylation sites is 1. The van der Waals surface area contributed by atoms with Gasteiger partial charge in [0.25, 0.3) is 0 Å². The highest BCUT2D eigenvalue weighted by atomic mass is 16.5. The maximum atomic E-state index is 6.23. The van der Waals surface area contributed by atoms with Crippen LogP contribution in [0.4, 0.5) is 5.82 Å². The van der Waals surface area contributed by atoms with Gasteiger partial charge in [0, 0.05) is 32.7 Å². The van der Waals surface area contributed by atoms with Gasteiger partial charge in [0.05, 0.1) is 11.4 Å². The molecular formula is C22H23N7O. The molecule has 152 valence electrons. The molecule has 4 aromatic rings. The summed E-state index contributed by atoms with van der Waals surface area (Å²) in [6.45, 7) is 1.77. The SMILES string of the molecule is CN(C)N1CC(n2nc(-c3ccc(Oc4ccccc4)cc3)c3c(N)ncnc32)C1. The minimum absolute atomic E-state index is 0.249. The molecule has 1 saturated heterocycles. The molecule has 1 fully saturated rings. The first-order valence-electron chi connectivity index (χ1n) is 9.84. The quantitative estimate of drug-likeness (QED) is 0.550. The Morgan fingerprint density at radius 2 is 1.67 bits per heavy atom. The predicted molar refractivity (Wildman–Crippen MR) is 116 cm³/mol. The van der Waals surface area contributed by atoms with E-state index in [0.717, 1.165) is 46.9 Å². The molecule has 8 heteroatoms. The summed E-state index contributed by atoms with van der Waals surface area (Å²) in [6, 6.07) is 17.8. The fourth-order valence-electron chi connectivity index (χ4n) is 3.67. The van der Waals surface area contributed by atoms with E-state index in [1.807, 2.05) is 73.4 Å². The molecule has 2 aromatic heterocycles. The van der Waals surface area contributed by atoms with Crippen LogP contribution in [0, 0.1) is 0 Å². The van der Waals surface area contributed by atoms with Crippen LogP contribution in [0.3, 0.4) is 0 Å². The van der Waals surface area contributed by atoms with Gasteiger partial charge >= 0.3 is 0 Å². The van der Waals surface area contributed by atoms with Crippen LogP contribution in [0.2, 0.25) is 0 Å². The Balaban J connectivity index is 1.48. The Hall–Kier alpha value is -3.49. The van der Waals surface area contributed by atoms with Gasteiger partial charge in [0.15, 0.2) is 5.65 Å². The first-order valence-corrected chi connectivity index (χ1v) is 9.84. The number of aromatic nitrogens is 4. The number of hydrogen-bond donors (Lipinski definition) is 1. The standard InChI is InChI=1S/C22H23N7O/c1-27(2)28-12-16(13-28)29-22-19(21(23)24-14-25-22)20(26-29)15-8-10-18(11-9-15)30-17-6-4-3-5-7-17/h3-11,14,16H,12-13H2,1-2H3,(H2,23,24,25). The number of nitrogens with zero attached hydrogens (tertiary/aromatic N) is 6. The van der Waals surface area contributed by atoms with Gasteiger partial charge < -0.3 is 10.5 Å². The summed E-state index contributed by atoms with van der Waals surface area (Å²) >= 11 is 0. The zero-order chi connectivity index (χ0) is 20.7. The summed E-state index contributed by atoms with van der Waals surface area (Å²) in [5.74, 6) is 2.00. The van der Waals surface area contributed by atoms with Gasteiger partial charge in [-0.3, -0.25) is 0 Å². The number of benzene rings is 2. The molecule has 0 unspecified atom stereocenters. The second-order valence-corrected chi connectivity index (χ2v) is 7.56. The van der Waals surface area contributed by atoms with Gasteiger partial charge in [0.1, 0.15) is 29.3 Å². The number of fused-ring (bicyclic) bond motifs is 1. The van der Waals surface area contributed by atoms with Crippen molar-refractivity contribution in [3.05, 3.63) is 60.9 Å². The maximum absolute atomic E-state index is 6.23. The monoisotopic (exact) mass is 401 g/mol. The van der Waals surface area contributed by atoms with Gasteiger partial charge in [-0.15, -0.1) is 0 Å². The van der Waals surface area contributed by atoms with Crippen molar-refractivity contribution in [3.63, 3.8) is 0 Å². The third-order valence-corrected chi connectivity index (χ3v) is 5.38. The van der Waals surface area contributed by atoms with E-state index in [9.17, 15) is 0 Å². The molecule has 0 radical (unpaired) electrons. The molecule has 8 nitrogen and oxygen atoms in total. The van der Waals surface area contributed by atoms with E-state index in [4.69, 9.17) is 15.6 Å². The summed E-state index contributed by atoms with van der Waals surface area (Å²) in [7, 11) is 4.09. The lowest BCUT2D eigenvalue weighted by Crippen LogP contribution is -2.54. The van der Waals surface area contributed by atoms with Crippen LogP contribution in [0.5, 0.6) is 11.5 Å². The fraction of sp³-hybridized carbons (Fsp3) is 0.227. The molecule has 0 bridgehead atoms. The van der Waals surface area contributed by atoms with Crippen molar-refractivity contribution in [3.8, 4) is 22.8 Å². The Kier molecular flexibility index (Phi) is 4.57. The average Bonchev–Trinajstić information content (AvgIpc) is 3.09. The number of nitrogens with two attached hydrogens (primary N) is 1. The Morgan fingerprint density at radius 3 is 2.37 bits per heavy atom. The van der Waals surface area contributed by atoms with E-state index in [0.29, 0.717) is 5.82 Å². The maximum Gasteiger partial charge on any atom is 0.164 e. The Morgan fingerprint density at radius 1 is 0.967 bits per heavy atom. The van der Waals surface area contributed by atoms with Gasteiger partial charge in [0.2, 0.25) is 0 Å². The van der Waals surface area contributed by atoms with E-state index in [1.165, 1.54) is 6.33 Å². The van der Waals surface area contributed by atoms with Crippen LogP contribution in [0.1, 0.15) is 6.04 Å². The summed E-state index contributed by atoms with van der Waals surface area (Å²) < 4.78 is 7.88. The number of anilines is 1. The molecule has 30 heavy (non-hydrogen) atoms. The van der Waals surface area contributed by atoms with Crippen LogP contribution in [-0.2, 0) is 0 Å². The van der Waals surface area contributed by atoms with Crippen molar-refractivity contribution in [2.45, 2.75) is 6.04 Å². The molecule has 0 saturated carbocycles. The van der Waals surface area contributed by atoms with Crippen molar-refractivity contribution in [2.24, 2.45) is 0 Å². The molecule has 2 N–H and O–H groups in total. The minimum Gasteiger partial charge on any atom is -0.457 e. The molecule has 1 aliphatic heterocycles. The summed E-state index contributed by atoms with van der Waals surface area (Å²) in [5.41, 5.74) is 8.73. The van der Waals surface area contributed by atoms with Crippen molar-refractivity contribution in [2.75, 3.05) is 32.9 Å². The lowest BCUT2D eigenvalue weighted by molar-refractivity contribution is -0.0670. The number of rotatable bonds is 5. The van der Waals surface area contributed by atoms with Crippen molar-refractivity contribution in [1.82, 2.24) is 29.8 Å². The van der Waals surface area contributed by atoms with Crippen molar-refractivity contribution < 1.29 is 4.74 Å². The van der Waals surface area contributed by atoms with Gasteiger partial charge in [-0.25, -0.2) is 24.7 Å². The lowest BCUT2D eigenvalue weighted by Gasteiger charge is -2.42. The average molecular weight is 401 g/mol. The number of nitrogen functional groups attached to an aromatic ring is 1. The second-order valence-electron chi connectivity index (χ2n) is 7.56. The van der Waals surface area contributed by atoms with E-state index in [2.05, 4.69) is 20.0 Å². The van der Waals surface area contributed by atoms with Crippen molar-refractivity contribution in [1.29, 1.82) is 0 Å². The summed E-state index contributed by atoms with van der Waals surface area (Å²) in [6.07, 6.45) is 1.50. The molecule has 0 aliphatic carbocycles. The zero-order valence-corrected chi connectivity index (χ0v) is 16.9. The van der Waals surface area contributed by atoms with Crippen molar-refractivity contribution >= 4 is 16.9 Å². The minimum atomic E-state index is 0.249.